The van der Waals surface area contributed by atoms with Gasteiger partial charge < -0.3 is 15.0 Å². The Labute approximate surface area is 153 Å². The highest BCUT2D eigenvalue weighted by atomic mass is 16.5. The minimum atomic E-state index is -0.784. The number of methoxy groups -OCH3 is 1. The van der Waals surface area contributed by atoms with E-state index in [0.717, 1.165) is 23.3 Å². The summed E-state index contributed by atoms with van der Waals surface area (Å²) in [6, 6.07) is 9.16. The normalized spacial score (nSPS) is 18.4. The topological polar surface area (TPSA) is 79.0 Å². The number of carbonyl (C=O) groups is 3. The maximum atomic E-state index is 12.8. The SMILES string of the molecule is COCCN(Cc1ccccc1)C(=O)CN1C(=O)NC2(CCCC2)C1=O. The second kappa shape index (κ2) is 7.86. The molecule has 3 rings (SSSR count). The van der Waals surface area contributed by atoms with Gasteiger partial charge >= 0.3 is 6.03 Å². The number of nitrogens with zero attached hydrogens (tertiary/aromatic N) is 2. The number of amides is 4. The fourth-order valence-electron chi connectivity index (χ4n) is 3.67. The van der Waals surface area contributed by atoms with Crippen molar-refractivity contribution in [2.24, 2.45) is 0 Å². The van der Waals surface area contributed by atoms with E-state index in [1.165, 1.54) is 0 Å². The van der Waals surface area contributed by atoms with Crippen LogP contribution in [0.2, 0.25) is 0 Å². The van der Waals surface area contributed by atoms with Crippen molar-refractivity contribution in [1.82, 2.24) is 15.1 Å². The first-order valence-electron chi connectivity index (χ1n) is 9.00. The number of rotatable bonds is 7. The molecule has 1 saturated heterocycles. The lowest BCUT2D eigenvalue weighted by atomic mass is 9.98. The van der Waals surface area contributed by atoms with E-state index in [1.54, 1.807) is 12.0 Å². The molecule has 0 unspecified atom stereocenters. The average molecular weight is 359 g/mol. The molecule has 7 nitrogen and oxygen atoms in total. The van der Waals surface area contributed by atoms with Crippen LogP contribution in [0, 0.1) is 0 Å². The Balaban J connectivity index is 1.68. The fourth-order valence-corrected chi connectivity index (χ4v) is 3.67. The number of carbonyl (C=O) groups excluding carboxylic acids is 3. The van der Waals surface area contributed by atoms with Gasteiger partial charge in [0, 0.05) is 20.2 Å². The van der Waals surface area contributed by atoms with Crippen molar-refractivity contribution >= 4 is 17.8 Å². The molecule has 1 heterocycles. The van der Waals surface area contributed by atoms with Crippen LogP contribution >= 0.6 is 0 Å². The van der Waals surface area contributed by atoms with Gasteiger partial charge in [0.2, 0.25) is 5.91 Å². The van der Waals surface area contributed by atoms with Crippen molar-refractivity contribution < 1.29 is 19.1 Å². The molecule has 0 radical (unpaired) electrons. The number of ether oxygens (including phenoxy) is 1. The quantitative estimate of drug-likeness (QED) is 0.749. The van der Waals surface area contributed by atoms with E-state index in [1.807, 2.05) is 30.3 Å². The van der Waals surface area contributed by atoms with Crippen LogP contribution in [0.4, 0.5) is 4.79 Å². The maximum absolute atomic E-state index is 12.8. The Kier molecular flexibility index (Phi) is 5.56. The van der Waals surface area contributed by atoms with Crippen molar-refractivity contribution in [3.63, 3.8) is 0 Å². The predicted molar refractivity (Wildman–Crippen MR) is 95.2 cm³/mol. The van der Waals surface area contributed by atoms with E-state index in [0.29, 0.717) is 32.5 Å². The van der Waals surface area contributed by atoms with Gasteiger partial charge in [0.15, 0.2) is 0 Å². The Morgan fingerprint density at radius 2 is 1.92 bits per heavy atom. The third-order valence-corrected chi connectivity index (χ3v) is 5.13. The van der Waals surface area contributed by atoms with Crippen LogP contribution in [0.25, 0.3) is 0 Å². The van der Waals surface area contributed by atoms with E-state index in [4.69, 9.17) is 4.74 Å². The highest BCUT2D eigenvalue weighted by molar-refractivity contribution is 6.09. The molecule has 1 spiro atoms. The largest absolute Gasteiger partial charge is 0.383 e. The summed E-state index contributed by atoms with van der Waals surface area (Å²) in [6.07, 6.45) is 3.14. The number of hydrogen-bond donors (Lipinski definition) is 1. The highest BCUT2D eigenvalue weighted by Gasteiger charge is 2.52. The molecule has 26 heavy (non-hydrogen) atoms. The van der Waals surface area contributed by atoms with Gasteiger partial charge in [0.1, 0.15) is 12.1 Å². The first-order chi connectivity index (χ1) is 12.6. The Bertz CT molecular complexity index is 671. The first kappa shape index (κ1) is 18.4. The fraction of sp³-hybridized carbons (Fsp3) is 0.526. The lowest BCUT2D eigenvalue weighted by Crippen LogP contribution is -2.46. The summed E-state index contributed by atoms with van der Waals surface area (Å²) in [7, 11) is 1.58. The lowest BCUT2D eigenvalue weighted by molar-refractivity contribution is -0.139. The summed E-state index contributed by atoms with van der Waals surface area (Å²) < 4.78 is 5.09. The Hall–Kier alpha value is -2.41. The summed E-state index contributed by atoms with van der Waals surface area (Å²) in [5.74, 6) is -0.524. The van der Waals surface area contributed by atoms with Crippen LogP contribution in [0.3, 0.4) is 0 Å². The molecule has 4 amide bonds. The van der Waals surface area contributed by atoms with Gasteiger partial charge in [-0.3, -0.25) is 14.5 Å². The molecule has 1 aromatic carbocycles. The van der Waals surface area contributed by atoms with E-state index < -0.39 is 11.6 Å². The Morgan fingerprint density at radius 3 is 2.58 bits per heavy atom. The molecular weight excluding hydrogens is 334 g/mol. The van der Waals surface area contributed by atoms with E-state index in [-0.39, 0.29) is 18.4 Å². The van der Waals surface area contributed by atoms with Crippen molar-refractivity contribution in [3.8, 4) is 0 Å². The molecule has 1 aromatic rings. The summed E-state index contributed by atoms with van der Waals surface area (Å²) in [4.78, 5) is 40.5. The van der Waals surface area contributed by atoms with Gasteiger partial charge in [-0.1, -0.05) is 43.2 Å². The number of hydrogen-bond acceptors (Lipinski definition) is 4. The third kappa shape index (κ3) is 3.72. The molecule has 1 aliphatic heterocycles. The van der Waals surface area contributed by atoms with E-state index >= 15 is 0 Å². The maximum Gasteiger partial charge on any atom is 0.325 e. The minimum Gasteiger partial charge on any atom is -0.383 e. The highest BCUT2D eigenvalue weighted by Crippen LogP contribution is 2.34. The first-order valence-corrected chi connectivity index (χ1v) is 9.00. The molecule has 0 atom stereocenters. The number of imide groups is 1. The molecule has 0 aromatic heterocycles. The van der Waals surface area contributed by atoms with Crippen molar-refractivity contribution in [1.29, 1.82) is 0 Å². The van der Waals surface area contributed by atoms with Crippen molar-refractivity contribution in [2.45, 2.75) is 37.8 Å². The molecule has 140 valence electrons. The summed E-state index contributed by atoms with van der Waals surface area (Å²) in [5, 5.41) is 2.81. The van der Waals surface area contributed by atoms with E-state index in [9.17, 15) is 14.4 Å². The predicted octanol–water partition coefficient (Wildman–Crippen LogP) is 1.53. The lowest BCUT2D eigenvalue weighted by Gasteiger charge is -2.25. The standard InChI is InChI=1S/C19H25N3O4/c1-26-12-11-21(13-15-7-3-2-4-8-15)16(23)14-22-17(24)19(20-18(22)25)9-5-6-10-19/h2-4,7-8H,5-6,9-14H2,1H3,(H,20,25). The van der Waals surface area contributed by atoms with Crippen molar-refractivity contribution in [3.05, 3.63) is 35.9 Å². The zero-order valence-corrected chi connectivity index (χ0v) is 15.1. The van der Waals surface area contributed by atoms with Crippen LogP contribution in [-0.2, 0) is 20.9 Å². The summed E-state index contributed by atoms with van der Waals surface area (Å²) >= 11 is 0. The second-order valence-electron chi connectivity index (χ2n) is 6.90. The van der Waals surface area contributed by atoms with Gasteiger partial charge in [0.25, 0.3) is 5.91 Å². The zero-order valence-electron chi connectivity index (χ0n) is 15.1. The van der Waals surface area contributed by atoms with Gasteiger partial charge in [-0.2, -0.15) is 0 Å². The molecular formula is C19H25N3O4. The summed E-state index contributed by atoms with van der Waals surface area (Å²) in [5.41, 5.74) is 0.204. The molecule has 0 bridgehead atoms. The van der Waals surface area contributed by atoms with Crippen LogP contribution in [0.15, 0.2) is 30.3 Å². The van der Waals surface area contributed by atoms with Crippen molar-refractivity contribution in [2.75, 3.05) is 26.8 Å². The van der Waals surface area contributed by atoms with Crippen LogP contribution in [-0.4, -0.2) is 60.0 Å². The van der Waals surface area contributed by atoms with Crippen LogP contribution in [0.1, 0.15) is 31.2 Å². The average Bonchev–Trinajstić information content (AvgIpc) is 3.20. The van der Waals surface area contributed by atoms with Gasteiger partial charge in [-0.15, -0.1) is 0 Å². The second-order valence-corrected chi connectivity index (χ2v) is 6.90. The van der Waals surface area contributed by atoms with Crippen LogP contribution < -0.4 is 5.32 Å². The molecule has 2 aliphatic rings. The summed E-state index contributed by atoms with van der Waals surface area (Å²) in [6.45, 7) is 0.975. The monoisotopic (exact) mass is 359 g/mol. The molecule has 1 N–H and O–H groups in total. The molecule has 2 fully saturated rings. The zero-order chi connectivity index (χ0) is 18.6. The van der Waals surface area contributed by atoms with Crippen LogP contribution in [0.5, 0.6) is 0 Å². The smallest absolute Gasteiger partial charge is 0.325 e. The third-order valence-electron chi connectivity index (χ3n) is 5.13. The van der Waals surface area contributed by atoms with Gasteiger partial charge in [-0.05, 0) is 18.4 Å². The minimum absolute atomic E-state index is 0.233. The number of benzene rings is 1. The number of nitrogens with one attached hydrogen (secondary N) is 1. The molecule has 1 saturated carbocycles. The van der Waals surface area contributed by atoms with E-state index in [2.05, 4.69) is 5.32 Å². The van der Waals surface area contributed by atoms with Gasteiger partial charge in [-0.25, -0.2) is 4.79 Å². The number of urea groups is 1. The molecule has 7 heteroatoms. The van der Waals surface area contributed by atoms with Gasteiger partial charge in [0.05, 0.1) is 6.61 Å². The Morgan fingerprint density at radius 1 is 1.23 bits per heavy atom. The molecule has 1 aliphatic carbocycles.